The molecule has 2 rings (SSSR count). The lowest BCUT2D eigenvalue weighted by Gasteiger charge is -2.17. The average molecular weight is 434 g/mol. The second-order valence-electron chi connectivity index (χ2n) is 7.35. The molecule has 0 spiro atoms. The van der Waals surface area contributed by atoms with Crippen LogP contribution in [0.4, 0.5) is 4.79 Å². The van der Waals surface area contributed by atoms with E-state index in [0.717, 1.165) is 22.3 Å². The molecule has 7 heteroatoms. The van der Waals surface area contributed by atoms with Gasteiger partial charge in [0.2, 0.25) is 0 Å². The third-order valence-corrected chi connectivity index (χ3v) is 4.71. The molecule has 6 nitrogen and oxygen atoms in total. The van der Waals surface area contributed by atoms with E-state index < -0.39 is 18.2 Å². The summed E-state index contributed by atoms with van der Waals surface area (Å²) >= 11 is 5.95. The van der Waals surface area contributed by atoms with Gasteiger partial charge in [0.05, 0.1) is 12.7 Å². The fraction of sp³-hybridized carbons (Fsp3) is 0.391. The van der Waals surface area contributed by atoms with E-state index in [1.807, 2.05) is 49.4 Å². The Kier molecular flexibility index (Phi) is 9.15. The fourth-order valence-electron chi connectivity index (χ4n) is 3.02. The van der Waals surface area contributed by atoms with Crippen LogP contribution in [0.25, 0.3) is 0 Å². The van der Waals surface area contributed by atoms with Gasteiger partial charge >= 0.3 is 12.1 Å². The SMILES string of the molecule is Cc1cc(Cl)ccc1CCOC(=O)NCc1cccc(C[C@H](OC(C)C)C(=O)O)c1. The van der Waals surface area contributed by atoms with Gasteiger partial charge in [-0.3, -0.25) is 0 Å². The van der Waals surface area contributed by atoms with Crippen molar-refractivity contribution in [1.29, 1.82) is 0 Å². The molecule has 1 amide bonds. The Hall–Kier alpha value is -2.57. The standard InChI is InChI=1S/C23H28ClNO5/c1-15(2)30-21(22(26)27)13-17-5-4-6-18(12-17)14-25-23(28)29-10-9-19-7-8-20(24)11-16(19)3/h4-8,11-12,15,21H,9-10,13-14H2,1-3H3,(H,25,28)(H,26,27)/t21-/m0/s1. The minimum Gasteiger partial charge on any atom is -0.479 e. The number of carbonyl (C=O) groups is 2. The van der Waals surface area contributed by atoms with Crippen LogP contribution in [-0.4, -0.2) is 36.0 Å². The van der Waals surface area contributed by atoms with Crippen molar-refractivity contribution in [3.63, 3.8) is 0 Å². The highest BCUT2D eigenvalue weighted by molar-refractivity contribution is 6.30. The Bertz CT molecular complexity index is 868. The van der Waals surface area contributed by atoms with Crippen molar-refractivity contribution in [2.75, 3.05) is 6.61 Å². The van der Waals surface area contributed by atoms with Gasteiger partial charge in [0, 0.05) is 24.4 Å². The van der Waals surface area contributed by atoms with E-state index in [1.54, 1.807) is 13.8 Å². The predicted molar refractivity (Wildman–Crippen MR) is 116 cm³/mol. The van der Waals surface area contributed by atoms with Gasteiger partial charge in [0.1, 0.15) is 0 Å². The van der Waals surface area contributed by atoms with Crippen LogP contribution in [0.1, 0.15) is 36.1 Å². The highest BCUT2D eigenvalue weighted by atomic mass is 35.5. The molecule has 0 unspecified atom stereocenters. The summed E-state index contributed by atoms with van der Waals surface area (Å²) < 4.78 is 10.7. The third-order valence-electron chi connectivity index (χ3n) is 4.47. The number of carbonyl (C=O) groups excluding carboxylic acids is 1. The predicted octanol–water partition coefficient (Wildman–Crippen LogP) is 4.54. The Balaban J connectivity index is 1.81. The first-order valence-corrected chi connectivity index (χ1v) is 10.2. The number of aliphatic carboxylic acids is 1. The molecule has 0 aromatic heterocycles. The summed E-state index contributed by atoms with van der Waals surface area (Å²) in [5, 5.41) is 12.7. The number of benzene rings is 2. The summed E-state index contributed by atoms with van der Waals surface area (Å²) in [6.45, 7) is 6.12. The molecule has 0 radical (unpaired) electrons. The maximum absolute atomic E-state index is 12.0. The molecule has 0 aliphatic heterocycles. The molecule has 162 valence electrons. The zero-order chi connectivity index (χ0) is 22.1. The smallest absolute Gasteiger partial charge is 0.407 e. The van der Waals surface area contributed by atoms with Gasteiger partial charge in [0.25, 0.3) is 0 Å². The Morgan fingerprint density at radius 3 is 2.53 bits per heavy atom. The van der Waals surface area contributed by atoms with E-state index in [1.165, 1.54) is 0 Å². The van der Waals surface area contributed by atoms with E-state index >= 15 is 0 Å². The Labute approximate surface area is 182 Å². The van der Waals surface area contributed by atoms with Crippen molar-refractivity contribution < 1.29 is 24.2 Å². The van der Waals surface area contributed by atoms with Crippen LogP contribution < -0.4 is 5.32 Å². The summed E-state index contributed by atoms with van der Waals surface area (Å²) in [5.41, 5.74) is 3.82. The van der Waals surface area contributed by atoms with Crippen molar-refractivity contribution in [1.82, 2.24) is 5.32 Å². The molecule has 30 heavy (non-hydrogen) atoms. The van der Waals surface area contributed by atoms with E-state index in [4.69, 9.17) is 21.1 Å². The number of hydrogen-bond acceptors (Lipinski definition) is 4. The molecule has 0 bridgehead atoms. The van der Waals surface area contributed by atoms with Crippen molar-refractivity contribution in [3.8, 4) is 0 Å². The van der Waals surface area contributed by atoms with Crippen LogP contribution in [0.3, 0.4) is 0 Å². The first-order chi connectivity index (χ1) is 14.2. The van der Waals surface area contributed by atoms with Gasteiger partial charge < -0.3 is 19.9 Å². The van der Waals surface area contributed by atoms with E-state index in [9.17, 15) is 14.7 Å². The molecule has 0 fully saturated rings. The molecule has 0 heterocycles. The van der Waals surface area contributed by atoms with E-state index in [0.29, 0.717) is 11.4 Å². The van der Waals surface area contributed by atoms with Crippen molar-refractivity contribution in [2.24, 2.45) is 0 Å². The van der Waals surface area contributed by atoms with Crippen molar-refractivity contribution in [2.45, 2.75) is 52.4 Å². The van der Waals surface area contributed by atoms with E-state index in [2.05, 4.69) is 5.32 Å². The summed E-state index contributed by atoms with van der Waals surface area (Å²) in [7, 11) is 0. The summed E-state index contributed by atoms with van der Waals surface area (Å²) in [4.78, 5) is 23.3. The molecule has 2 aromatic carbocycles. The van der Waals surface area contributed by atoms with Gasteiger partial charge in [0.15, 0.2) is 6.10 Å². The van der Waals surface area contributed by atoms with Crippen LogP contribution in [0.2, 0.25) is 5.02 Å². The number of alkyl carbamates (subject to hydrolysis) is 1. The van der Waals surface area contributed by atoms with Gasteiger partial charge in [-0.2, -0.15) is 0 Å². The molecule has 0 saturated carbocycles. The molecule has 0 aliphatic rings. The highest BCUT2D eigenvalue weighted by Crippen LogP contribution is 2.16. The number of ether oxygens (including phenoxy) is 2. The molecule has 2 aromatic rings. The molecule has 1 atom stereocenters. The van der Waals surface area contributed by atoms with Crippen LogP contribution in [0.15, 0.2) is 42.5 Å². The minimum atomic E-state index is -0.994. The Morgan fingerprint density at radius 1 is 1.13 bits per heavy atom. The van der Waals surface area contributed by atoms with Crippen molar-refractivity contribution >= 4 is 23.7 Å². The summed E-state index contributed by atoms with van der Waals surface area (Å²) in [6, 6.07) is 13.0. The number of amides is 1. The van der Waals surface area contributed by atoms with Crippen molar-refractivity contribution in [3.05, 3.63) is 69.7 Å². The molecule has 0 aliphatic carbocycles. The lowest BCUT2D eigenvalue weighted by Crippen LogP contribution is -2.29. The van der Waals surface area contributed by atoms with Crippen LogP contribution in [0, 0.1) is 6.92 Å². The fourth-order valence-corrected chi connectivity index (χ4v) is 3.25. The number of aryl methyl sites for hydroxylation is 1. The second kappa shape index (κ2) is 11.6. The van der Waals surface area contributed by atoms with E-state index in [-0.39, 0.29) is 25.7 Å². The van der Waals surface area contributed by atoms with Gasteiger partial charge in [-0.05, 0) is 55.2 Å². The number of hydrogen-bond donors (Lipinski definition) is 2. The average Bonchev–Trinajstić information content (AvgIpc) is 2.67. The number of carboxylic acid groups (broad SMARTS) is 1. The first-order valence-electron chi connectivity index (χ1n) is 9.86. The lowest BCUT2D eigenvalue weighted by molar-refractivity contribution is -0.153. The third kappa shape index (κ3) is 8.05. The number of carboxylic acids is 1. The highest BCUT2D eigenvalue weighted by Gasteiger charge is 2.20. The monoisotopic (exact) mass is 433 g/mol. The topological polar surface area (TPSA) is 84.9 Å². The van der Waals surface area contributed by atoms with Gasteiger partial charge in [-0.15, -0.1) is 0 Å². The zero-order valence-electron chi connectivity index (χ0n) is 17.5. The lowest BCUT2D eigenvalue weighted by atomic mass is 10.0. The Morgan fingerprint density at radius 2 is 1.87 bits per heavy atom. The molecule has 2 N–H and O–H groups in total. The largest absolute Gasteiger partial charge is 0.479 e. The molecular weight excluding hydrogens is 406 g/mol. The minimum absolute atomic E-state index is 0.178. The number of rotatable bonds is 10. The normalized spacial score (nSPS) is 11.9. The number of nitrogens with one attached hydrogen (secondary N) is 1. The summed E-state index contributed by atoms with van der Waals surface area (Å²) in [6.07, 6.45) is -0.722. The van der Waals surface area contributed by atoms with Crippen LogP contribution in [0.5, 0.6) is 0 Å². The zero-order valence-corrected chi connectivity index (χ0v) is 18.2. The summed E-state index contributed by atoms with van der Waals surface area (Å²) in [5.74, 6) is -0.994. The first kappa shape index (κ1) is 23.7. The van der Waals surface area contributed by atoms with Crippen LogP contribution in [-0.2, 0) is 33.7 Å². The molecule has 0 saturated heterocycles. The quantitative estimate of drug-likeness (QED) is 0.574. The molecular formula is C23H28ClNO5. The maximum atomic E-state index is 12.0. The number of halogens is 1. The van der Waals surface area contributed by atoms with Gasteiger partial charge in [-0.25, -0.2) is 9.59 Å². The second-order valence-corrected chi connectivity index (χ2v) is 7.78. The van der Waals surface area contributed by atoms with Gasteiger partial charge in [-0.1, -0.05) is 41.9 Å². The maximum Gasteiger partial charge on any atom is 0.407 e. The van der Waals surface area contributed by atoms with Crippen LogP contribution >= 0.6 is 11.6 Å².